The van der Waals surface area contributed by atoms with Gasteiger partial charge in [-0.2, -0.15) is 0 Å². The van der Waals surface area contributed by atoms with Crippen LogP contribution in [-0.4, -0.2) is 27.7 Å². The summed E-state index contributed by atoms with van der Waals surface area (Å²) in [6.45, 7) is 8.38. The number of fused-ring (bicyclic) bond motifs is 3. The Morgan fingerprint density at radius 3 is 1.69 bits per heavy atom. The smallest absolute Gasteiger partial charge is 0.261 e. The monoisotopic (exact) mass is 626 g/mol. The maximum Gasteiger partial charge on any atom is 0.261 e. The van der Waals surface area contributed by atoms with Gasteiger partial charge in [-0.05, 0) is 73.2 Å². The molecule has 4 nitrogen and oxygen atoms in total. The molecule has 0 saturated carbocycles. The molecule has 2 unspecified atom stereocenters. The molecule has 0 saturated heterocycles. The molecule has 5 aromatic carbocycles. The number of hydrogen-bond donors (Lipinski definition) is 0. The average Bonchev–Trinajstić information content (AvgIpc) is 3.57. The lowest BCUT2D eigenvalue weighted by Crippen LogP contribution is -2.37. The fourth-order valence-electron chi connectivity index (χ4n) is 7.93. The van der Waals surface area contributed by atoms with Gasteiger partial charge in [0.05, 0.1) is 34.6 Å². The first-order chi connectivity index (χ1) is 23.3. The summed E-state index contributed by atoms with van der Waals surface area (Å²) >= 11 is 0. The molecular weight excluding hydrogens is 588 g/mol. The van der Waals surface area contributed by atoms with Crippen molar-refractivity contribution in [1.29, 1.82) is 0 Å². The molecule has 0 bridgehead atoms. The minimum absolute atomic E-state index is 0.122. The van der Waals surface area contributed by atoms with Gasteiger partial charge in [0.1, 0.15) is 0 Å². The second-order valence-electron chi connectivity index (χ2n) is 13.3. The van der Waals surface area contributed by atoms with E-state index in [9.17, 15) is 0 Å². The van der Waals surface area contributed by atoms with Crippen molar-refractivity contribution in [3.05, 3.63) is 166 Å². The van der Waals surface area contributed by atoms with Gasteiger partial charge in [0, 0.05) is 11.1 Å². The molecule has 2 atom stereocenters. The van der Waals surface area contributed by atoms with E-state index in [1.807, 2.05) is 52.3 Å². The van der Waals surface area contributed by atoms with Crippen molar-refractivity contribution in [3.8, 4) is 0 Å². The van der Waals surface area contributed by atoms with Gasteiger partial charge in [-0.1, -0.05) is 132 Å². The molecular formula is C44H38N2O2. The van der Waals surface area contributed by atoms with Crippen molar-refractivity contribution in [2.75, 3.05) is 0 Å². The van der Waals surface area contributed by atoms with Gasteiger partial charge in [0.2, 0.25) is 0 Å². The zero-order valence-corrected chi connectivity index (χ0v) is 27.8. The number of aryl methyl sites for hydroxylation is 1. The van der Waals surface area contributed by atoms with Gasteiger partial charge < -0.3 is 0 Å². The molecule has 236 valence electrons. The predicted octanol–water partition coefficient (Wildman–Crippen LogP) is 9.92. The molecule has 0 N–H and O–H groups in total. The number of carbonyl (C=O) groups excluding carboxylic acids is 2. The number of hydrogen-bond acceptors (Lipinski definition) is 2. The standard InChI is InChI=1S/C44H38N2O2/c1-27-13-9-19-33(25-27)29(3)45-41(37-23-11-17-31-15-5-7-21-35(31)37)39-40(43(45)47)42(38-24-12-18-32-16-6-8-22-36(32)38)46(44(39)48)30(4)34-20-10-14-28(2)26-34/h5-9,11-19,21-26,29-30H,10,20H2,1-4H3. The van der Waals surface area contributed by atoms with Gasteiger partial charge >= 0.3 is 0 Å². The zero-order chi connectivity index (χ0) is 33.1. The van der Waals surface area contributed by atoms with Gasteiger partial charge in [0.15, 0.2) is 0 Å². The highest BCUT2D eigenvalue weighted by atomic mass is 16.2. The summed E-state index contributed by atoms with van der Waals surface area (Å²) in [7, 11) is 0. The van der Waals surface area contributed by atoms with E-state index >= 15 is 9.59 Å². The highest BCUT2D eigenvalue weighted by Gasteiger charge is 2.52. The highest BCUT2D eigenvalue weighted by Crippen LogP contribution is 2.52. The maximum absolute atomic E-state index is 15.3. The molecule has 4 heteroatoms. The number of amides is 2. The Labute approximate surface area is 282 Å². The summed E-state index contributed by atoms with van der Waals surface area (Å²) in [5, 5.41) is 4.17. The van der Waals surface area contributed by atoms with Crippen LogP contribution in [0.15, 0.2) is 144 Å². The predicted molar refractivity (Wildman–Crippen MR) is 196 cm³/mol. The first-order valence-electron chi connectivity index (χ1n) is 16.9. The van der Waals surface area contributed by atoms with E-state index < -0.39 is 0 Å². The van der Waals surface area contributed by atoms with Crippen LogP contribution in [0.1, 0.15) is 61.9 Å². The zero-order valence-electron chi connectivity index (χ0n) is 27.8. The highest BCUT2D eigenvalue weighted by molar-refractivity contribution is 6.32. The van der Waals surface area contributed by atoms with Crippen molar-refractivity contribution in [2.24, 2.45) is 0 Å². The van der Waals surface area contributed by atoms with Crippen LogP contribution in [0.25, 0.3) is 32.9 Å². The number of benzene rings is 5. The van der Waals surface area contributed by atoms with Crippen LogP contribution in [0.5, 0.6) is 0 Å². The first kappa shape index (κ1) is 29.9. The maximum atomic E-state index is 15.3. The Balaban J connectivity index is 1.45. The topological polar surface area (TPSA) is 40.6 Å². The summed E-state index contributed by atoms with van der Waals surface area (Å²) < 4.78 is 0. The summed E-state index contributed by atoms with van der Waals surface area (Å²) in [6.07, 6.45) is 6.28. The minimum atomic E-state index is -0.307. The van der Waals surface area contributed by atoms with Crippen molar-refractivity contribution < 1.29 is 9.59 Å². The lowest BCUT2D eigenvalue weighted by Gasteiger charge is -2.34. The SMILES string of the molecule is CC1=CCCC(C(C)N2C(=O)C3=C(c4cccc5ccccc45)N(C(C)c4cccc(C)c4)C(=O)C3=C2c2cccc3ccccc23)=C1. The van der Waals surface area contributed by atoms with Crippen LogP contribution in [0.3, 0.4) is 0 Å². The third-order valence-corrected chi connectivity index (χ3v) is 10.3. The minimum Gasteiger partial charge on any atom is -0.300 e. The lowest BCUT2D eigenvalue weighted by atomic mass is 9.93. The fraction of sp³-hybridized carbons (Fsp3) is 0.182. The van der Waals surface area contributed by atoms with E-state index in [1.165, 1.54) is 11.1 Å². The van der Waals surface area contributed by atoms with Crippen molar-refractivity contribution in [3.63, 3.8) is 0 Å². The molecule has 3 aliphatic rings. The van der Waals surface area contributed by atoms with Crippen LogP contribution >= 0.6 is 0 Å². The summed E-state index contributed by atoms with van der Waals surface area (Å²) in [5.74, 6) is -0.259. The third kappa shape index (κ3) is 4.66. The molecule has 1 aliphatic carbocycles. The molecule has 0 spiro atoms. The summed E-state index contributed by atoms with van der Waals surface area (Å²) in [4.78, 5) is 34.4. The fourth-order valence-corrected chi connectivity index (χ4v) is 7.93. The molecule has 0 aromatic heterocycles. The molecule has 2 aliphatic heterocycles. The van der Waals surface area contributed by atoms with Gasteiger partial charge in [-0.15, -0.1) is 0 Å². The molecule has 0 radical (unpaired) electrons. The molecule has 2 heterocycles. The lowest BCUT2D eigenvalue weighted by molar-refractivity contribution is -0.125. The normalized spacial score (nSPS) is 17.8. The van der Waals surface area contributed by atoms with Gasteiger partial charge in [-0.25, -0.2) is 0 Å². The number of rotatable bonds is 6. The van der Waals surface area contributed by atoms with E-state index in [1.54, 1.807) is 0 Å². The summed E-state index contributed by atoms with van der Waals surface area (Å²) in [5.41, 5.74) is 8.73. The molecule has 5 aromatic rings. The molecule has 0 fully saturated rings. The Hall–Kier alpha value is -5.48. The second kappa shape index (κ2) is 11.6. The number of carbonyl (C=O) groups is 2. The molecule has 48 heavy (non-hydrogen) atoms. The number of allylic oxidation sites excluding steroid dienone is 3. The quantitative estimate of drug-likeness (QED) is 0.188. The van der Waals surface area contributed by atoms with E-state index in [-0.39, 0.29) is 23.9 Å². The molecule has 2 amide bonds. The average molecular weight is 627 g/mol. The summed E-state index contributed by atoms with van der Waals surface area (Å²) in [6, 6.07) is 36.6. The van der Waals surface area contributed by atoms with Crippen molar-refractivity contribution >= 4 is 44.8 Å². The Morgan fingerprint density at radius 1 is 0.604 bits per heavy atom. The van der Waals surface area contributed by atoms with Crippen LogP contribution < -0.4 is 0 Å². The second-order valence-corrected chi connectivity index (χ2v) is 13.3. The van der Waals surface area contributed by atoms with Gasteiger partial charge in [-0.3, -0.25) is 19.4 Å². The Kier molecular flexibility index (Phi) is 7.25. The Morgan fingerprint density at radius 2 is 1.12 bits per heavy atom. The van der Waals surface area contributed by atoms with Crippen LogP contribution in [0.2, 0.25) is 0 Å². The first-order valence-corrected chi connectivity index (χ1v) is 16.9. The van der Waals surface area contributed by atoms with E-state index in [0.717, 1.165) is 56.6 Å². The van der Waals surface area contributed by atoms with Crippen molar-refractivity contribution in [1.82, 2.24) is 9.80 Å². The van der Waals surface area contributed by atoms with Crippen LogP contribution in [0.4, 0.5) is 0 Å². The van der Waals surface area contributed by atoms with E-state index in [0.29, 0.717) is 22.5 Å². The van der Waals surface area contributed by atoms with E-state index in [2.05, 4.69) is 107 Å². The van der Waals surface area contributed by atoms with E-state index in [4.69, 9.17) is 0 Å². The van der Waals surface area contributed by atoms with Crippen LogP contribution in [-0.2, 0) is 9.59 Å². The van der Waals surface area contributed by atoms with Crippen molar-refractivity contribution in [2.45, 2.75) is 52.6 Å². The Bertz CT molecular complexity index is 2290. The molecule has 8 rings (SSSR count). The number of nitrogens with zero attached hydrogens (tertiary/aromatic N) is 2. The van der Waals surface area contributed by atoms with Crippen LogP contribution in [0, 0.1) is 6.92 Å². The van der Waals surface area contributed by atoms with Gasteiger partial charge in [0.25, 0.3) is 11.8 Å². The largest absolute Gasteiger partial charge is 0.300 e. The third-order valence-electron chi connectivity index (χ3n) is 10.3.